The lowest BCUT2D eigenvalue weighted by Gasteiger charge is -2.30. The van der Waals surface area contributed by atoms with Crippen LogP contribution in [0.3, 0.4) is 0 Å². The maximum atomic E-state index is 13.0. The van der Waals surface area contributed by atoms with Crippen LogP contribution in [0.2, 0.25) is 0 Å². The Labute approximate surface area is 206 Å². The summed E-state index contributed by atoms with van der Waals surface area (Å²) in [6, 6.07) is 15.4. The lowest BCUT2D eigenvalue weighted by molar-refractivity contribution is -0.143. The fourth-order valence-corrected chi connectivity index (χ4v) is 5.37. The van der Waals surface area contributed by atoms with E-state index in [0.29, 0.717) is 6.42 Å². The van der Waals surface area contributed by atoms with E-state index in [1.165, 1.54) is 0 Å². The molecule has 2 aromatic rings. The number of benzene rings is 2. The number of nitrogens with one attached hydrogen (secondary N) is 2. The van der Waals surface area contributed by atoms with Crippen molar-refractivity contribution in [1.29, 1.82) is 0 Å². The molecule has 1 fully saturated rings. The summed E-state index contributed by atoms with van der Waals surface area (Å²) >= 11 is 0. The molecule has 186 valence electrons. The van der Waals surface area contributed by atoms with Gasteiger partial charge in [-0.05, 0) is 46.4 Å². The van der Waals surface area contributed by atoms with Gasteiger partial charge in [0, 0.05) is 12.5 Å². The van der Waals surface area contributed by atoms with Crippen molar-refractivity contribution in [2.24, 2.45) is 17.3 Å². The average Bonchev–Trinajstić information content (AvgIpc) is 3.42. The Morgan fingerprint density at radius 2 is 1.60 bits per heavy atom. The Hall–Kier alpha value is -3.35. The normalized spacial score (nSPS) is 20.0. The molecule has 2 amide bonds. The summed E-state index contributed by atoms with van der Waals surface area (Å²) in [4.78, 5) is 37.3. The van der Waals surface area contributed by atoms with Crippen molar-refractivity contribution >= 4 is 18.0 Å². The second kappa shape index (κ2) is 10.1. The van der Waals surface area contributed by atoms with Crippen molar-refractivity contribution in [1.82, 2.24) is 10.6 Å². The van der Waals surface area contributed by atoms with Crippen molar-refractivity contribution in [2.45, 2.75) is 52.0 Å². The molecule has 2 aliphatic carbocycles. The predicted octanol–water partition coefficient (Wildman–Crippen LogP) is 4.56. The number of carbonyl (C=O) groups is 3. The summed E-state index contributed by atoms with van der Waals surface area (Å²) in [6.07, 6.45) is 1.61. The number of ether oxygens (including phenoxy) is 1. The highest BCUT2D eigenvalue weighted by Gasteiger charge is 2.37. The summed E-state index contributed by atoms with van der Waals surface area (Å²) < 4.78 is 5.63. The van der Waals surface area contributed by atoms with Gasteiger partial charge in [-0.25, -0.2) is 4.79 Å². The monoisotopic (exact) mass is 478 g/mol. The van der Waals surface area contributed by atoms with E-state index in [0.717, 1.165) is 35.1 Å². The van der Waals surface area contributed by atoms with Crippen LogP contribution in [-0.2, 0) is 14.3 Å². The first-order valence-corrected chi connectivity index (χ1v) is 12.3. The minimum absolute atomic E-state index is 0.0645. The minimum atomic E-state index is -0.817. The van der Waals surface area contributed by atoms with Crippen LogP contribution < -0.4 is 10.6 Å². The smallest absolute Gasteiger partial charge is 0.407 e. The fourth-order valence-electron chi connectivity index (χ4n) is 5.37. The Morgan fingerprint density at radius 1 is 1.00 bits per heavy atom. The quantitative estimate of drug-likeness (QED) is 0.541. The van der Waals surface area contributed by atoms with Crippen molar-refractivity contribution < 1.29 is 24.2 Å². The minimum Gasteiger partial charge on any atom is -0.481 e. The number of alkyl carbamates (subject to hydrolysis) is 1. The van der Waals surface area contributed by atoms with Gasteiger partial charge in [-0.3, -0.25) is 9.59 Å². The summed E-state index contributed by atoms with van der Waals surface area (Å²) in [5.41, 5.74) is 3.98. The van der Waals surface area contributed by atoms with E-state index in [1.807, 2.05) is 45.0 Å². The van der Waals surface area contributed by atoms with Gasteiger partial charge in [-0.1, -0.05) is 75.7 Å². The Morgan fingerprint density at radius 3 is 2.17 bits per heavy atom. The van der Waals surface area contributed by atoms with Crippen LogP contribution in [0.1, 0.15) is 57.1 Å². The van der Waals surface area contributed by atoms with E-state index in [-0.39, 0.29) is 30.9 Å². The summed E-state index contributed by atoms with van der Waals surface area (Å²) in [6.45, 7) is 6.07. The number of carbonyl (C=O) groups excluding carboxylic acids is 2. The highest BCUT2D eigenvalue weighted by Crippen LogP contribution is 2.44. The molecule has 0 bridgehead atoms. The number of amides is 2. The first-order chi connectivity index (χ1) is 16.7. The average molecular weight is 479 g/mol. The van der Waals surface area contributed by atoms with Crippen LogP contribution in [0, 0.1) is 17.3 Å². The molecule has 0 saturated heterocycles. The van der Waals surface area contributed by atoms with Crippen LogP contribution in [0.5, 0.6) is 0 Å². The highest BCUT2D eigenvalue weighted by molar-refractivity contribution is 5.86. The summed E-state index contributed by atoms with van der Waals surface area (Å²) in [7, 11) is 0. The Bertz CT molecular complexity index is 1060. The van der Waals surface area contributed by atoms with Gasteiger partial charge in [-0.2, -0.15) is 0 Å². The van der Waals surface area contributed by atoms with Gasteiger partial charge in [0.15, 0.2) is 0 Å². The first kappa shape index (κ1) is 24.8. The van der Waals surface area contributed by atoms with Gasteiger partial charge < -0.3 is 20.5 Å². The number of hydrogen-bond donors (Lipinski definition) is 3. The van der Waals surface area contributed by atoms with Crippen molar-refractivity contribution in [2.75, 3.05) is 13.2 Å². The molecule has 1 saturated carbocycles. The van der Waals surface area contributed by atoms with Crippen LogP contribution in [-0.4, -0.2) is 42.3 Å². The zero-order valence-corrected chi connectivity index (χ0v) is 20.5. The van der Waals surface area contributed by atoms with E-state index in [9.17, 15) is 19.5 Å². The van der Waals surface area contributed by atoms with E-state index in [2.05, 4.69) is 34.9 Å². The number of aliphatic carboxylic acids is 1. The summed E-state index contributed by atoms with van der Waals surface area (Å²) in [5.74, 6) is -1.73. The predicted molar refractivity (Wildman–Crippen MR) is 133 cm³/mol. The molecule has 0 aliphatic heterocycles. The molecule has 0 radical (unpaired) electrons. The van der Waals surface area contributed by atoms with E-state index in [1.54, 1.807) is 0 Å². The Kier molecular flexibility index (Phi) is 7.15. The van der Waals surface area contributed by atoms with Crippen LogP contribution in [0.15, 0.2) is 48.5 Å². The van der Waals surface area contributed by atoms with Gasteiger partial charge in [0.05, 0.1) is 5.92 Å². The molecular formula is C28H34N2O5. The fraction of sp³-hybridized carbons (Fsp3) is 0.464. The molecule has 3 atom stereocenters. The summed E-state index contributed by atoms with van der Waals surface area (Å²) in [5, 5.41) is 15.0. The standard InChI is InChI=1S/C28H34N2O5/c1-28(2,3)24(25(31)29-15-17-9-8-14-18(17)26(32)33)30-27(34)35-16-23-21-12-6-4-10-19(21)20-11-5-7-13-22(20)23/h4-7,10-13,17-18,23-24H,8-9,14-16H2,1-3H3,(H,29,31)(H,30,34)(H,32,33). The molecule has 3 unspecified atom stereocenters. The molecule has 35 heavy (non-hydrogen) atoms. The molecule has 2 aromatic carbocycles. The van der Waals surface area contributed by atoms with E-state index >= 15 is 0 Å². The van der Waals surface area contributed by atoms with Crippen LogP contribution in [0.4, 0.5) is 4.79 Å². The highest BCUT2D eigenvalue weighted by atomic mass is 16.5. The van der Waals surface area contributed by atoms with Gasteiger partial charge in [0.25, 0.3) is 0 Å². The Balaban J connectivity index is 1.38. The number of fused-ring (bicyclic) bond motifs is 3. The number of rotatable bonds is 7. The molecule has 3 N–H and O–H groups in total. The second-order valence-electron chi connectivity index (χ2n) is 10.6. The lowest BCUT2D eigenvalue weighted by atomic mass is 9.86. The SMILES string of the molecule is CC(C)(C)C(NC(=O)OCC1c2ccccc2-c2ccccc21)C(=O)NCC1CCCC1C(=O)O. The molecule has 0 heterocycles. The number of hydrogen-bond acceptors (Lipinski definition) is 4. The number of carboxylic acid groups (broad SMARTS) is 1. The van der Waals surface area contributed by atoms with E-state index < -0.39 is 29.4 Å². The van der Waals surface area contributed by atoms with Gasteiger partial charge in [0.2, 0.25) is 5.91 Å². The molecule has 7 nitrogen and oxygen atoms in total. The topological polar surface area (TPSA) is 105 Å². The van der Waals surface area contributed by atoms with Gasteiger partial charge in [0.1, 0.15) is 12.6 Å². The van der Waals surface area contributed by atoms with Crippen molar-refractivity contribution in [3.63, 3.8) is 0 Å². The third kappa shape index (κ3) is 5.34. The molecule has 4 rings (SSSR count). The molecular weight excluding hydrogens is 444 g/mol. The second-order valence-corrected chi connectivity index (χ2v) is 10.6. The molecule has 2 aliphatic rings. The maximum Gasteiger partial charge on any atom is 0.407 e. The third-order valence-electron chi connectivity index (χ3n) is 7.25. The van der Waals surface area contributed by atoms with Crippen LogP contribution in [0.25, 0.3) is 11.1 Å². The van der Waals surface area contributed by atoms with Gasteiger partial charge in [-0.15, -0.1) is 0 Å². The maximum absolute atomic E-state index is 13.0. The van der Waals surface area contributed by atoms with Crippen molar-refractivity contribution in [3.05, 3.63) is 59.7 Å². The number of carboxylic acids is 1. The largest absolute Gasteiger partial charge is 0.481 e. The zero-order valence-electron chi connectivity index (χ0n) is 20.5. The zero-order chi connectivity index (χ0) is 25.2. The molecule has 7 heteroatoms. The molecule has 0 aromatic heterocycles. The van der Waals surface area contributed by atoms with Gasteiger partial charge >= 0.3 is 12.1 Å². The van der Waals surface area contributed by atoms with E-state index in [4.69, 9.17) is 4.74 Å². The van der Waals surface area contributed by atoms with Crippen LogP contribution >= 0.6 is 0 Å². The first-order valence-electron chi connectivity index (χ1n) is 12.3. The third-order valence-corrected chi connectivity index (χ3v) is 7.25. The molecule has 0 spiro atoms. The van der Waals surface area contributed by atoms with Crippen molar-refractivity contribution in [3.8, 4) is 11.1 Å². The lowest BCUT2D eigenvalue weighted by Crippen LogP contribution is -2.54.